The minimum Gasteiger partial charge on any atom is -0.479 e. The molecular formula is C6H6N2O4S. The highest BCUT2D eigenvalue weighted by molar-refractivity contribution is 7.07. The predicted octanol–water partition coefficient (Wildman–Crippen LogP) is -0.111. The van der Waals surface area contributed by atoms with Gasteiger partial charge in [0, 0.05) is 5.38 Å². The van der Waals surface area contributed by atoms with Crippen molar-refractivity contribution in [2.45, 2.75) is 0 Å². The SMILES string of the molecule is O=C(O)CONC(=O)c1cscn1. The van der Waals surface area contributed by atoms with Crippen molar-refractivity contribution < 1.29 is 19.5 Å². The molecule has 1 amide bonds. The molecule has 1 heterocycles. The lowest BCUT2D eigenvalue weighted by atomic mass is 10.5. The molecule has 2 N–H and O–H groups in total. The maximum Gasteiger partial charge on any atom is 0.332 e. The van der Waals surface area contributed by atoms with Crippen LogP contribution in [0.4, 0.5) is 0 Å². The second-order valence-corrected chi connectivity index (χ2v) is 2.71. The Morgan fingerprint density at radius 2 is 2.46 bits per heavy atom. The van der Waals surface area contributed by atoms with E-state index in [0.29, 0.717) is 0 Å². The molecule has 0 spiro atoms. The summed E-state index contributed by atoms with van der Waals surface area (Å²) in [6.07, 6.45) is 0. The van der Waals surface area contributed by atoms with E-state index in [0.717, 1.165) is 0 Å². The van der Waals surface area contributed by atoms with Crippen LogP contribution in [0, 0.1) is 0 Å². The smallest absolute Gasteiger partial charge is 0.332 e. The van der Waals surface area contributed by atoms with Crippen molar-refractivity contribution in [3.63, 3.8) is 0 Å². The molecule has 1 rings (SSSR count). The number of hydrogen-bond acceptors (Lipinski definition) is 5. The number of carbonyl (C=O) groups excluding carboxylic acids is 1. The van der Waals surface area contributed by atoms with E-state index in [9.17, 15) is 9.59 Å². The normalized spacial score (nSPS) is 9.54. The third-order valence-corrected chi connectivity index (χ3v) is 1.61. The molecule has 0 atom stereocenters. The van der Waals surface area contributed by atoms with Crippen LogP contribution in [-0.4, -0.2) is 28.6 Å². The second-order valence-electron chi connectivity index (χ2n) is 1.99. The first-order valence-electron chi connectivity index (χ1n) is 3.22. The number of aliphatic carboxylic acids is 1. The van der Waals surface area contributed by atoms with Crippen LogP contribution in [-0.2, 0) is 9.63 Å². The summed E-state index contributed by atoms with van der Waals surface area (Å²) in [6, 6.07) is 0. The van der Waals surface area contributed by atoms with Crippen LogP contribution in [0.5, 0.6) is 0 Å². The topological polar surface area (TPSA) is 88.5 Å². The number of nitrogens with zero attached hydrogens (tertiary/aromatic N) is 1. The molecule has 0 aliphatic heterocycles. The molecule has 0 aliphatic carbocycles. The lowest BCUT2D eigenvalue weighted by molar-refractivity contribution is -0.144. The average Bonchev–Trinajstić information content (AvgIpc) is 2.55. The van der Waals surface area contributed by atoms with Crippen molar-refractivity contribution in [3.8, 4) is 0 Å². The lowest BCUT2D eigenvalue weighted by Crippen LogP contribution is -2.26. The van der Waals surface area contributed by atoms with Crippen LogP contribution in [0.25, 0.3) is 0 Å². The van der Waals surface area contributed by atoms with Gasteiger partial charge >= 0.3 is 5.97 Å². The molecule has 0 radical (unpaired) electrons. The van der Waals surface area contributed by atoms with Crippen molar-refractivity contribution in [2.75, 3.05) is 6.61 Å². The summed E-state index contributed by atoms with van der Waals surface area (Å²) in [7, 11) is 0. The summed E-state index contributed by atoms with van der Waals surface area (Å²) in [5, 5.41) is 9.69. The number of carboxylic acids is 1. The Morgan fingerprint density at radius 3 is 3.00 bits per heavy atom. The zero-order valence-electron chi connectivity index (χ0n) is 6.39. The molecule has 6 nitrogen and oxygen atoms in total. The Hall–Kier alpha value is -1.47. The minimum atomic E-state index is -1.15. The molecule has 7 heteroatoms. The zero-order chi connectivity index (χ0) is 9.68. The van der Waals surface area contributed by atoms with Gasteiger partial charge in [0.05, 0.1) is 5.51 Å². The average molecular weight is 202 g/mol. The van der Waals surface area contributed by atoms with Crippen molar-refractivity contribution in [1.29, 1.82) is 0 Å². The molecule has 0 fully saturated rings. The van der Waals surface area contributed by atoms with Crippen LogP contribution < -0.4 is 5.48 Å². The van der Waals surface area contributed by atoms with Gasteiger partial charge in [-0.15, -0.1) is 11.3 Å². The molecule has 0 saturated carbocycles. The van der Waals surface area contributed by atoms with E-state index < -0.39 is 18.5 Å². The summed E-state index contributed by atoms with van der Waals surface area (Å²) in [5.41, 5.74) is 3.64. The molecule has 70 valence electrons. The van der Waals surface area contributed by atoms with Gasteiger partial charge in [-0.2, -0.15) is 0 Å². The maximum atomic E-state index is 11.0. The van der Waals surface area contributed by atoms with E-state index in [1.165, 1.54) is 22.2 Å². The Labute approximate surface area is 77.1 Å². The standard InChI is InChI=1S/C6H6N2O4S/c9-5(10)1-12-8-6(11)4-2-13-3-7-4/h2-3H,1H2,(H,8,11)(H,9,10). The van der Waals surface area contributed by atoms with Crippen molar-refractivity contribution in [3.05, 3.63) is 16.6 Å². The summed E-state index contributed by atoms with van der Waals surface area (Å²) >= 11 is 1.26. The van der Waals surface area contributed by atoms with Crippen LogP contribution >= 0.6 is 11.3 Å². The van der Waals surface area contributed by atoms with Gasteiger partial charge in [0.2, 0.25) is 0 Å². The predicted molar refractivity (Wildman–Crippen MR) is 43.2 cm³/mol. The zero-order valence-corrected chi connectivity index (χ0v) is 7.21. The van der Waals surface area contributed by atoms with Gasteiger partial charge in [-0.05, 0) is 0 Å². The van der Waals surface area contributed by atoms with Crippen LogP contribution in [0.3, 0.4) is 0 Å². The van der Waals surface area contributed by atoms with E-state index >= 15 is 0 Å². The molecule has 13 heavy (non-hydrogen) atoms. The maximum absolute atomic E-state index is 11.0. The van der Waals surface area contributed by atoms with Crippen LogP contribution in [0.2, 0.25) is 0 Å². The third-order valence-electron chi connectivity index (χ3n) is 1.03. The largest absolute Gasteiger partial charge is 0.479 e. The lowest BCUT2D eigenvalue weighted by Gasteiger charge is -1.99. The fraction of sp³-hybridized carbons (Fsp3) is 0.167. The molecule has 0 bridgehead atoms. The molecule has 0 aliphatic rings. The van der Waals surface area contributed by atoms with Gasteiger partial charge in [0.15, 0.2) is 6.61 Å². The summed E-state index contributed by atoms with van der Waals surface area (Å²) < 4.78 is 0. The van der Waals surface area contributed by atoms with E-state index in [-0.39, 0.29) is 5.69 Å². The number of amides is 1. The van der Waals surface area contributed by atoms with Gasteiger partial charge in [-0.1, -0.05) is 0 Å². The summed E-state index contributed by atoms with van der Waals surface area (Å²) in [4.78, 5) is 29.0. The number of rotatable bonds is 4. The Kier molecular flexibility index (Phi) is 3.35. The molecule has 1 aromatic heterocycles. The van der Waals surface area contributed by atoms with Crippen LogP contribution in [0.1, 0.15) is 10.5 Å². The van der Waals surface area contributed by atoms with Crippen LogP contribution in [0.15, 0.2) is 10.9 Å². The number of hydrogen-bond donors (Lipinski definition) is 2. The first-order valence-corrected chi connectivity index (χ1v) is 4.16. The minimum absolute atomic E-state index is 0.204. The third kappa shape index (κ3) is 3.18. The summed E-state index contributed by atoms with van der Waals surface area (Å²) in [5.74, 6) is -1.71. The van der Waals surface area contributed by atoms with Gasteiger partial charge in [0.1, 0.15) is 5.69 Å². The van der Waals surface area contributed by atoms with Crippen molar-refractivity contribution in [1.82, 2.24) is 10.5 Å². The van der Waals surface area contributed by atoms with Crippen molar-refractivity contribution >= 4 is 23.2 Å². The first-order chi connectivity index (χ1) is 6.20. The highest BCUT2D eigenvalue weighted by Gasteiger charge is 2.07. The highest BCUT2D eigenvalue weighted by Crippen LogP contribution is 1.99. The Bertz CT molecular complexity index is 298. The molecule has 1 aromatic rings. The molecule has 0 unspecified atom stereocenters. The number of aromatic nitrogens is 1. The molecule has 0 saturated heterocycles. The van der Waals surface area contributed by atoms with Gasteiger partial charge in [-0.3, -0.25) is 9.63 Å². The monoisotopic (exact) mass is 202 g/mol. The highest BCUT2D eigenvalue weighted by atomic mass is 32.1. The van der Waals surface area contributed by atoms with Crippen molar-refractivity contribution in [2.24, 2.45) is 0 Å². The quantitative estimate of drug-likeness (QED) is 0.665. The Morgan fingerprint density at radius 1 is 1.69 bits per heavy atom. The van der Waals surface area contributed by atoms with E-state index in [4.69, 9.17) is 5.11 Å². The number of thiazole rings is 1. The van der Waals surface area contributed by atoms with Gasteiger partial charge in [-0.25, -0.2) is 15.3 Å². The summed E-state index contributed by atoms with van der Waals surface area (Å²) in [6.45, 7) is -0.574. The first kappa shape index (κ1) is 9.62. The number of nitrogens with one attached hydrogen (secondary N) is 1. The van der Waals surface area contributed by atoms with Gasteiger partial charge in [0.25, 0.3) is 5.91 Å². The fourth-order valence-corrected chi connectivity index (χ4v) is 1.07. The molecule has 0 aromatic carbocycles. The Balaban J connectivity index is 2.31. The molecular weight excluding hydrogens is 196 g/mol. The second kappa shape index (κ2) is 4.53. The number of carboxylic acid groups (broad SMARTS) is 1. The number of hydroxylamine groups is 1. The van der Waals surface area contributed by atoms with Gasteiger partial charge < -0.3 is 5.11 Å². The van der Waals surface area contributed by atoms with E-state index in [1.54, 1.807) is 0 Å². The fourth-order valence-electron chi connectivity index (χ4n) is 0.540. The van der Waals surface area contributed by atoms with E-state index in [1.807, 2.05) is 5.48 Å². The van der Waals surface area contributed by atoms with E-state index in [2.05, 4.69) is 9.82 Å². The number of carbonyl (C=O) groups is 2.